The van der Waals surface area contributed by atoms with E-state index in [-0.39, 0.29) is 23.9 Å². The van der Waals surface area contributed by atoms with Crippen LogP contribution in [0.2, 0.25) is 0 Å². The molecule has 132 valence electrons. The summed E-state index contributed by atoms with van der Waals surface area (Å²) in [5.74, 6) is -0.177. The van der Waals surface area contributed by atoms with Crippen molar-refractivity contribution in [3.8, 4) is 5.75 Å². The molecule has 1 heterocycles. The van der Waals surface area contributed by atoms with E-state index in [4.69, 9.17) is 0 Å². The highest BCUT2D eigenvalue weighted by atomic mass is 79.9. The highest BCUT2D eigenvalue weighted by Crippen LogP contribution is 2.24. The molecule has 3 rings (SSSR count). The number of thioether (sulfide) groups is 1. The van der Waals surface area contributed by atoms with Crippen molar-refractivity contribution in [2.24, 2.45) is 10.2 Å². The van der Waals surface area contributed by atoms with Crippen LogP contribution < -0.4 is 5.32 Å². The molecule has 6 nitrogen and oxygen atoms in total. The predicted octanol–water partition coefficient (Wildman–Crippen LogP) is 3.35. The summed E-state index contributed by atoms with van der Waals surface area (Å²) in [5, 5.41) is 19.6. The van der Waals surface area contributed by atoms with Gasteiger partial charge in [-0.25, -0.2) is 0 Å². The van der Waals surface area contributed by atoms with Crippen LogP contribution in [-0.4, -0.2) is 33.4 Å². The topological polar surface area (TPSA) is 91.1 Å². The van der Waals surface area contributed by atoms with Crippen molar-refractivity contribution in [3.05, 3.63) is 64.1 Å². The number of phenolic OH excluding ortho intramolecular Hbond substituents is 1. The standard InChI is InChI=1S/C18H14BrN3O3S/c19-13-5-3-12(4-6-13)15(24)9-16-17(25)21-18(26-16)22-20-10-11-1-7-14(23)8-2-11/h1-8,10,16,23H,9H2,(H,21,22,25)/b20-10+. The highest BCUT2D eigenvalue weighted by Gasteiger charge is 2.32. The fraction of sp³-hybridized carbons (Fsp3) is 0.111. The van der Waals surface area contributed by atoms with Gasteiger partial charge in [-0.15, -0.1) is 5.10 Å². The van der Waals surface area contributed by atoms with Crippen molar-refractivity contribution in [1.29, 1.82) is 0 Å². The Morgan fingerprint density at radius 2 is 1.88 bits per heavy atom. The van der Waals surface area contributed by atoms with E-state index in [1.54, 1.807) is 48.5 Å². The first kappa shape index (κ1) is 18.3. The van der Waals surface area contributed by atoms with E-state index in [0.717, 1.165) is 10.0 Å². The number of hydrogen-bond acceptors (Lipinski definition) is 6. The van der Waals surface area contributed by atoms with Crippen LogP contribution in [-0.2, 0) is 4.79 Å². The van der Waals surface area contributed by atoms with Crippen LogP contribution in [0, 0.1) is 0 Å². The van der Waals surface area contributed by atoms with E-state index in [1.807, 2.05) is 0 Å². The lowest BCUT2D eigenvalue weighted by Gasteiger charge is -2.04. The molecule has 1 atom stereocenters. The summed E-state index contributed by atoms with van der Waals surface area (Å²) < 4.78 is 0.892. The third-order valence-electron chi connectivity index (χ3n) is 3.56. The molecule has 1 saturated heterocycles. The SMILES string of the molecule is O=C(CC1S/C(=N/N=C/c2ccc(O)cc2)NC1=O)c1ccc(Br)cc1. The zero-order valence-corrected chi connectivity index (χ0v) is 15.8. The molecule has 1 aliphatic heterocycles. The van der Waals surface area contributed by atoms with Crippen molar-refractivity contribution < 1.29 is 14.7 Å². The molecule has 0 spiro atoms. The second kappa shape index (κ2) is 8.29. The second-order valence-electron chi connectivity index (χ2n) is 5.47. The number of ketones is 1. The lowest BCUT2D eigenvalue weighted by atomic mass is 10.1. The van der Waals surface area contributed by atoms with Crippen molar-refractivity contribution in [3.63, 3.8) is 0 Å². The summed E-state index contributed by atoms with van der Waals surface area (Å²) in [6.45, 7) is 0. The van der Waals surface area contributed by atoms with E-state index in [9.17, 15) is 14.7 Å². The molecule has 1 unspecified atom stereocenters. The highest BCUT2D eigenvalue weighted by molar-refractivity contribution is 9.10. The van der Waals surface area contributed by atoms with Gasteiger partial charge < -0.3 is 10.4 Å². The van der Waals surface area contributed by atoms with Crippen LogP contribution >= 0.6 is 27.7 Å². The Kier molecular flexibility index (Phi) is 5.85. The molecule has 8 heteroatoms. The monoisotopic (exact) mass is 431 g/mol. The first-order valence-corrected chi connectivity index (χ1v) is 9.35. The maximum Gasteiger partial charge on any atom is 0.240 e. The Bertz CT molecular complexity index is 880. The Morgan fingerprint density at radius 1 is 1.19 bits per heavy atom. The minimum Gasteiger partial charge on any atom is -0.508 e. The summed E-state index contributed by atoms with van der Waals surface area (Å²) in [7, 11) is 0. The Labute approximate surface area is 162 Å². The number of halogens is 1. The number of rotatable bonds is 5. The van der Waals surface area contributed by atoms with E-state index < -0.39 is 5.25 Å². The molecular formula is C18H14BrN3O3S. The average Bonchev–Trinajstić information content (AvgIpc) is 2.97. The average molecular weight is 432 g/mol. The lowest BCUT2D eigenvalue weighted by molar-refractivity contribution is -0.118. The van der Waals surface area contributed by atoms with Gasteiger partial charge in [0.1, 0.15) is 5.75 Å². The summed E-state index contributed by atoms with van der Waals surface area (Å²) in [6, 6.07) is 13.5. The van der Waals surface area contributed by atoms with E-state index in [0.29, 0.717) is 10.7 Å². The van der Waals surface area contributed by atoms with Crippen LogP contribution in [0.4, 0.5) is 0 Å². The van der Waals surface area contributed by atoms with Crippen LogP contribution in [0.1, 0.15) is 22.3 Å². The van der Waals surface area contributed by atoms with E-state index in [1.165, 1.54) is 18.0 Å². The third-order valence-corrected chi connectivity index (χ3v) is 5.16. The number of aromatic hydroxyl groups is 1. The molecule has 1 aliphatic rings. The van der Waals surface area contributed by atoms with Crippen LogP contribution in [0.3, 0.4) is 0 Å². The van der Waals surface area contributed by atoms with Gasteiger partial charge in [0, 0.05) is 16.5 Å². The fourth-order valence-electron chi connectivity index (χ4n) is 2.22. The van der Waals surface area contributed by atoms with Crippen LogP contribution in [0.15, 0.2) is 63.2 Å². The molecule has 2 aromatic rings. The zero-order chi connectivity index (χ0) is 18.5. The van der Waals surface area contributed by atoms with Gasteiger partial charge in [-0.3, -0.25) is 9.59 Å². The molecule has 0 aromatic heterocycles. The van der Waals surface area contributed by atoms with Crippen molar-refractivity contribution >= 4 is 50.8 Å². The van der Waals surface area contributed by atoms with Crippen molar-refractivity contribution in [2.45, 2.75) is 11.7 Å². The maximum absolute atomic E-state index is 12.3. The second-order valence-corrected chi connectivity index (χ2v) is 7.58. The van der Waals surface area contributed by atoms with Gasteiger partial charge in [-0.05, 0) is 42.0 Å². The number of hydrogen-bond donors (Lipinski definition) is 2. The summed E-state index contributed by atoms with van der Waals surface area (Å²) in [5.41, 5.74) is 1.33. The zero-order valence-electron chi connectivity index (χ0n) is 13.4. The maximum atomic E-state index is 12.3. The molecule has 0 bridgehead atoms. The van der Waals surface area contributed by atoms with Gasteiger partial charge in [-0.2, -0.15) is 5.10 Å². The summed E-state index contributed by atoms with van der Waals surface area (Å²) in [6.07, 6.45) is 1.61. The predicted molar refractivity (Wildman–Crippen MR) is 106 cm³/mol. The summed E-state index contributed by atoms with van der Waals surface area (Å²) in [4.78, 5) is 24.3. The molecule has 2 aromatic carbocycles. The number of amidine groups is 1. The molecule has 26 heavy (non-hydrogen) atoms. The summed E-state index contributed by atoms with van der Waals surface area (Å²) >= 11 is 4.51. The third kappa shape index (κ3) is 4.80. The first-order chi connectivity index (χ1) is 12.5. The van der Waals surface area contributed by atoms with Crippen LogP contribution in [0.25, 0.3) is 0 Å². The van der Waals surface area contributed by atoms with Gasteiger partial charge in [0.2, 0.25) is 5.91 Å². The number of carbonyl (C=O) groups is 2. The van der Waals surface area contributed by atoms with E-state index >= 15 is 0 Å². The Hall–Kier alpha value is -2.45. The number of amides is 1. The number of nitrogens with zero attached hydrogens (tertiary/aromatic N) is 2. The van der Waals surface area contributed by atoms with Gasteiger partial charge in [0.05, 0.1) is 11.5 Å². The molecule has 0 aliphatic carbocycles. The minimum absolute atomic E-state index is 0.0961. The smallest absolute Gasteiger partial charge is 0.240 e. The fourth-order valence-corrected chi connectivity index (χ4v) is 3.41. The van der Waals surface area contributed by atoms with Crippen molar-refractivity contribution in [2.75, 3.05) is 0 Å². The molecule has 0 radical (unpaired) electrons. The van der Waals surface area contributed by atoms with Gasteiger partial charge in [0.15, 0.2) is 11.0 Å². The van der Waals surface area contributed by atoms with Gasteiger partial charge >= 0.3 is 0 Å². The largest absolute Gasteiger partial charge is 0.508 e. The molecule has 2 N–H and O–H groups in total. The van der Waals surface area contributed by atoms with Gasteiger partial charge in [-0.1, -0.05) is 39.8 Å². The van der Waals surface area contributed by atoms with Gasteiger partial charge in [0.25, 0.3) is 0 Å². The quantitative estimate of drug-likeness (QED) is 0.431. The lowest BCUT2D eigenvalue weighted by Crippen LogP contribution is -2.26. The number of Topliss-reactive ketones (excluding diaryl/α,β-unsaturated/α-hetero) is 1. The molecule has 1 fully saturated rings. The Balaban J connectivity index is 1.60. The normalized spacial score (nSPS) is 18.4. The number of nitrogens with one attached hydrogen (secondary N) is 1. The van der Waals surface area contributed by atoms with Crippen LogP contribution in [0.5, 0.6) is 5.75 Å². The number of carbonyl (C=O) groups excluding carboxylic acids is 2. The number of benzene rings is 2. The molecule has 0 saturated carbocycles. The van der Waals surface area contributed by atoms with E-state index in [2.05, 4.69) is 31.4 Å². The number of phenols is 1. The van der Waals surface area contributed by atoms with Crippen molar-refractivity contribution in [1.82, 2.24) is 5.32 Å². The molecular weight excluding hydrogens is 418 g/mol. The first-order valence-electron chi connectivity index (χ1n) is 7.67. The Morgan fingerprint density at radius 3 is 2.58 bits per heavy atom. The molecule has 1 amide bonds. The minimum atomic E-state index is -0.520.